The van der Waals surface area contributed by atoms with Crippen molar-refractivity contribution in [2.45, 2.75) is 6.04 Å². The van der Waals surface area contributed by atoms with E-state index in [1.54, 1.807) is 42.5 Å². The highest BCUT2D eigenvalue weighted by molar-refractivity contribution is 7.12. The minimum atomic E-state index is -1.21. The van der Waals surface area contributed by atoms with Crippen LogP contribution in [0.15, 0.2) is 52.8 Å². The molecule has 2 aromatic carbocycles. The SMILES string of the molecule is COc1ccc([C@H](Nc2ccc(C(=N)N)cc2)c2nn(-c3ncsc3C(=O)O)c(=O)[nH]2)cc1OC. The van der Waals surface area contributed by atoms with Crippen LogP contribution in [0.4, 0.5) is 5.69 Å². The Balaban J connectivity index is 1.80. The Morgan fingerprint density at radius 3 is 2.54 bits per heavy atom. The van der Waals surface area contributed by atoms with Gasteiger partial charge >= 0.3 is 11.7 Å². The number of carboxylic acids is 1. The zero-order chi connectivity index (χ0) is 25.1. The molecule has 13 heteroatoms. The number of methoxy groups -OCH3 is 2. The molecule has 1 atom stereocenters. The van der Waals surface area contributed by atoms with Crippen LogP contribution in [0.5, 0.6) is 11.5 Å². The van der Waals surface area contributed by atoms with Crippen LogP contribution in [0.3, 0.4) is 0 Å². The first kappa shape index (κ1) is 23.5. The summed E-state index contributed by atoms with van der Waals surface area (Å²) in [5.74, 6) is -0.145. The van der Waals surface area contributed by atoms with Crippen LogP contribution in [-0.2, 0) is 0 Å². The molecule has 2 heterocycles. The quantitative estimate of drug-likeness (QED) is 0.172. The molecule has 6 N–H and O–H groups in total. The third kappa shape index (κ3) is 4.70. The summed E-state index contributed by atoms with van der Waals surface area (Å²) >= 11 is 0.893. The fourth-order valence-corrected chi connectivity index (χ4v) is 4.01. The van der Waals surface area contributed by atoms with Crippen LogP contribution < -0.4 is 26.2 Å². The number of nitrogens with two attached hydrogens (primary N) is 1. The number of anilines is 1. The van der Waals surface area contributed by atoms with Gasteiger partial charge in [-0.25, -0.2) is 14.6 Å². The highest BCUT2D eigenvalue weighted by atomic mass is 32.1. The van der Waals surface area contributed by atoms with Gasteiger partial charge in [-0.2, -0.15) is 4.68 Å². The third-order valence-electron chi connectivity index (χ3n) is 5.10. The van der Waals surface area contributed by atoms with E-state index in [2.05, 4.69) is 20.4 Å². The molecule has 0 aliphatic heterocycles. The molecule has 0 aliphatic carbocycles. The van der Waals surface area contributed by atoms with Gasteiger partial charge in [0.25, 0.3) is 0 Å². The number of benzene rings is 2. The average Bonchev–Trinajstić information content (AvgIpc) is 3.49. The second-order valence-corrected chi connectivity index (χ2v) is 8.08. The summed E-state index contributed by atoms with van der Waals surface area (Å²) in [4.78, 5) is 30.9. The molecule has 0 spiro atoms. The van der Waals surface area contributed by atoms with Crippen molar-refractivity contribution < 1.29 is 19.4 Å². The van der Waals surface area contributed by atoms with Gasteiger partial charge in [-0.3, -0.25) is 10.4 Å². The molecular formula is C22H21N7O5S. The molecule has 0 saturated carbocycles. The monoisotopic (exact) mass is 495 g/mol. The lowest BCUT2D eigenvalue weighted by Gasteiger charge is -2.20. The summed E-state index contributed by atoms with van der Waals surface area (Å²) in [6.45, 7) is 0. The van der Waals surface area contributed by atoms with Crippen LogP contribution in [0.25, 0.3) is 5.82 Å². The number of H-pyrrole nitrogens is 1. The number of carbonyl (C=O) groups is 1. The lowest BCUT2D eigenvalue weighted by atomic mass is 10.0. The number of aromatic nitrogens is 4. The molecule has 0 unspecified atom stereocenters. The van der Waals surface area contributed by atoms with Crippen LogP contribution >= 0.6 is 11.3 Å². The van der Waals surface area contributed by atoms with Crippen LogP contribution in [0.2, 0.25) is 0 Å². The first-order valence-corrected chi connectivity index (χ1v) is 11.0. The van der Waals surface area contributed by atoms with Gasteiger partial charge < -0.3 is 25.6 Å². The van der Waals surface area contributed by atoms with E-state index in [-0.39, 0.29) is 22.4 Å². The van der Waals surface area contributed by atoms with Gasteiger partial charge in [-0.05, 0) is 42.0 Å². The smallest absolute Gasteiger partial charge is 0.349 e. The molecule has 0 aliphatic rings. The fourth-order valence-electron chi connectivity index (χ4n) is 3.41. The molecule has 12 nitrogen and oxygen atoms in total. The predicted octanol–water partition coefficient (Wildman–Crippen LogP) is 2.22. The van der Waals surface area contributed by atoms with Gasteiger partial charge in [0, 0.05) is 11.3 Å². The Labute approximate surface area is 202 Å². The van der Waals surface area contributed by atoms with Gasteiger partial charge in [0.05, 0.1) is 19.7 Å². The van der Waals surface area contributed by atoms with Crippen LogP contribution in [-0.4, -0.2) is 50.9 Å². The van der Waals surface area contributed by atoms with E-state index >= 15 is 0 Å². The molecule has 35 heavy (non-hydrogen) atoms. The summed E-state index contributed by atoms with van der Waals surface area (Å²) in [6.07, 6.45) is 0. The molecule has 0 saturated heterocycles. The molecule has 2 aromatic heterocycles. The van der Waals surface area contributed by atoms with E-state index in [0.717, 1.165) is 16.0 Å². The van der Waals surface area contributed by atoms with Gasteiger partial charge in [0.15, 0.2) is 28.0 Å². The minimum absolute atomic E-state index is 0.0615. The zero-order valence-electron chi connectivity index (χ0n) is 18.6. The highest BCUT2D eigenvalue weighted by Gasteiger charge is 2.24. The third-order valence-corrected chi connectivity index (χ3v) is 5.90. The number of thiazole rings is 1. The minimum Gasteiger partial charge on any atom is -0.493 e. The lowest BCUT2D eigenvalue weighted by Crippen LogP contribution is -2.18. The number of aromatic amines is 1. The summed E-state index contributed by atoms with van der Waals surface area (Å²) in [5, 5.41) is 24.6. The number of aromatic carboxylic acids is 1. The van der Waals surface area contributed by atoms with Crippen molar-refractivity contribution in [1.29, 1.82) is 5.41 Å². The normalized spacial score (nSPS) is 11.6. The molecule has 180 valence electrons. The van der Waals surface area contributed by atoms with Crippen molar-refractivity contribution in [3.05, 3.63) is 80.3 Å². The number of rotatable bonds is 9. The Kier molecular flexibility index (Phi) is 6.51. The second-order valence-electron chi connectivity index (χ2n) is 7.22. The van der Waals surface area contributed by atoms with E-state index in [1.165, 1.54) is 19.7 Å². The lowest BCUT2D eigenvalue weighted by molar-refractivity contribution is 0.0701. The summed E-state index contributed by atoms with van der Waals surface area (Å²) in [7, 11) is 3.04. The molecular weight excluding hydrogens is 474 g/mol. The van der Waals surface area contributed by atoms with Crippen molar-refractivity contribution in [2.24, 2.45) is 5.73 Å². The van der Waals surface area contributed by atoms with Crippen molar-refractivity contribution in [2.75, 3.05) is 19.5 Å². The molecule has 0 fully saturated rings. The number of amidine groups is 1. The maximum absolute atomic E-state index is 12.8. The van der Waals surface area contributed by atoms with E-state index in [4.69, 9.17) is 20.6 Å². The predicted molar refractivity (Wildman–Crippen MR) is 129 cm³/mol. The van der Waals surface area contributed by atoms with Gasteiger partial charge in [-0.1, -0.05) is 6.07 Å². The highest BCUT2D eigenvalue weighted by Crippen LogP contribution is 2.33. The molecule has 0 bridgehead atoms. The van der Waals surface area contributed by atoms with Gasteiger partial charge in [0.1, 0.15) is 11.9 Å². The van der Waals surface area contributed by atoms with Crippen LogP contribution in [0.1, 0.15) is 32.7 Å². The number of carboxylic acid groups (broad SMARTS) is 1. The molecule has 4 rings (SSSR count). The Morgan fingerprint density at radius 2 is 1.91 bits per heavy atom. The fraction of sp³-hybridized carbons (Fsp3) is 0.136. The Morgan fingerprint density at radius 1 is 1.20 bits per heavy atom. The van der Waals surface area contributed by atoms with Crippen LogP contribution in [0, 0.1) is 5.41 Å². The Bertz CT molecular complexity index is 1440. The number of nitrogens with zero attached hydrogens (tertiary/aromatic N) is 3. The topological polar surface area (TPSA) is 181 Å². The maximum atomic E-state index is 12.8. The second kappa shape index (κ2) is 9.69. The zero-order valence-corrected chi connectivity index (χ0v) is 19.4. The number of ether oxygens (including phenoxy) is 2. The first-order valence-electron chi connectivity index (χ1n) is 10.1. The molecule has 4 aromatic rings. The Hall–Kier alpha value is -4.65. The van der Waals surface area contributed by atoms with Crippen molar-refractivity contribution >= 4 is 28.8 Å². The van der Waals surface area contributed by atoms with E-state index in [9.17, 15) is 14.7 Å². The summed E-state index contributed by atoms with van der Waals surface area (Å²) < 4.78 is 11.7. The number of nitrogens with one attached hydrogen (secondary N) is 3. The summed E-state index contributed by atoms with van der Waals surface area (Å²) in [6, 6.07) is 11.4. The van der Waals surface area contributed by atoms with Crippen molar-refractivity contribution in [3.8, 4) is 17.3 Å². The van der Waals surface area contributed by atoms with E-state index in [1.807, 2.05) is 0 Å². The molecule has 0 amide bonds. The van der Waals surface area contributed by atoms with E-state index < -0.39 is 17.7 Å². The molecule has 0 radical (unpaired) electrons. The summed E-state index contributed by atoms with van der Waals surface area (Å²) in [5.41, 5.74) is 8.12. The van der Waals surface area contributed by atoms with Crippen molar-refractivity contribution in [1.82, 2.24) is 19.7 Å². The van der Waals surface area contributed by atoms with Gasteiger partial charge in [0.2, 0.25) is 0 Å². The van der Waals surface area contributed by atoms with Gasteiger partial charge in [-0.15, -0.1) is 16.4 Å². The standard InChI is InChI=1S/C22H21N7O5S/c1-33-14-8-5-12(9-15(14)34-2)16(26-13-6-3-11(4-7-13)18(23)24)19-27-22(32)29(28-19)20-17(21(30)31)35-10-25-20/h3-10,16,26H,1-2H3,(H3,23,24)(H,30,31)(H,27,28,32)/t16-/m0/s1. The maximum Gasteiger partial charge on any atom is 0.349 e. The number of nitrogen functional groups attached to an aromatic ring is 1. The number of hydrogen-bond acceptors (Lipinski definition) is 9. The average molecular weight is 496 g/mol. The first-order chi connectivity index (χ1) is 16.8. The number of hydrogen-bond donors (Lipinski definition) is 5. The van der Waals surface area contributed by atoms with E-state index in [0.29, 0.717) is 28.3 Å². The van der Waals surface area contributed by atoms with Crippen molar-refractivity contribution in [3.63, 3.8) is 0 Å². The largest absolute Gasteiger partial charge is 0.493 e.